The molecule has 5 nitrogen and oxygen atoms in total. The number of hydrogen-bond donors (Lipinski definition) is 1. The Morgan fingerprint density at radius 2 is 2.00 bits per heavy atom. The van der Waals surface area contributed by atoms with Crippen molar-refractivity contribution in [3.8, 4) is 5.75 Å². The molecule has 0 aromatic heterocycles. The van der Waals surface area contributed by atoms with Crippen LogP contribution in [0.3, 0.4) is 0 Å². The van der Waals surface area contributed by atoms with Crippen LogP contribution in [-0.2, 0) is 9.84 Å². The Bertz CT molecular complexity index is 531. The molecule has 1 N–H and O–H groups in total. The SMILES string of the molecule is CCOc1ccccc1C(CN(C)CCS(C)(=O)=O)NC. The topological polar surface area (TPSA) is 58.6 Å². The maximum absolute atomic E-state index is 11.2. The van der Waals surface area contributed by atoms with Gasteiger partial charge in [-0.25, -0.2) is 8.42 Å². The molecule has 0 spiro atoms. The minimum Gasteiger partial charge on any atom is -0.494 e. The highest BCUT2D eigenvalue weighted by Gasteiger charge is 2.17. The van der Waals surface area contributed by atoms with Crippen LogP contribution in [0.5, 0.6) is 5.75 Å². The first-order chi connectivity index (χ1) is 9.87. The summed E-state index contributed by atoms with van der Waals surface area (Å²) in [5.41, 5.74) is 1.09. The predicted molar refractivity (Wildman–Crippen MR) is 86.6 cm³/mol. The lowest BCUT2D eigenvalue weighted by Gasteiger charge is -2.25. The summed E-state index contributed by atoms with van der Waals surface area (Å²) in [6, 6.07) is 8.03. The highest BCUT2D eigenvalue weighted by molar-refractivity contribution is 7.90. The summed E-state index contributed by atoms with van der Waals surface area (Å²) < 4.78 is 28.1. The first kappa shape index (κ1) is 17.9. The van der Waals surface area contributed by atoms with Crippen molar-refractivity contribution in [3.63, 3.8) is 0 Å². The average molecular weight is 314 g/mol. The van der Waals surface area contributed by atoms with E-state index in [1.54, 1.807) is 0 Å². The minimum absolute atomic E-state index is 0.0947. The molecule has 0 aliphatic heterocycles. The number of sulfone groups is 1. The van der Waals surface area contributed by atoms with Gasteiger partial charge in [-0.3, -0.25) is 0 Å². The molecule has 0 radical (unpaired) electrons. The van der Waals surface area contributed by atoms with Gasteiger partial charge in [-0.15, -0.1) is 0 Å². The lowest BCUT2D eigenvalue weighted by atomic mass is 10.1. The first-order valence-electron chi connectivity index (χ1n) is 7.12. The molecule has 6 heteroatoms. The third-order valence-electron chi connectivity index (χ3n) is 3.28. The van der Waals surface area contributed by atoms with Gasteiger partial charge in [0.25, 0.3) is 0 Å². The van der Waals surface area contributed by atoms with Gasteiger partial charge < -0.3 is 15.0 Å². The van der Waals surface area contributed by atoms with Gasteiger partial charge in [0.2, 0.25) is 0 Å². The summed E-state index contributed by atoms with van der Waals surface area (Å²) in [5.74, 6) is 1.04. The van der Waals surface area contributed by atoms with Crippen LogP contribution >= 0.6 is 0 Å². The van der Waals surface area contributed by atoms with E-state index >= 15 is 0 Å². The van der Waals surface area contributed by atoms with Crippen LogP contribution in [0.2, 0.25) is 0 Å². The van der Waals surface area contributed by atoms with Crippen molar-refractivity contribution < 1.29 is 13.2 Å². The molecule has 0 bridgehead atoms. The normalized spacial score (nSPS) is 13.4. The number of para-hydroxylation sites is 1. The van der Waals surface area contributed by atoms with Gasteiger partial charge in [0.1, 0.15) is 15.6 Å². The fourth-order valence-corrected chi connectivity index (χ4v) is 2.77. The van der Waals surface area contributed by atoms with E-state index in [1.165, 1.54) is 6.26 Å². The number of benzene rings is 1. The Morgan fingerprint density at radius 3 is 2.57 bits per heavy atom. The molecule has 120 valence electrons. The van der Waals surface area contributed by atoms with Crippen molar-refractivity contribution in [2.24, 2.45) is 0 Å². The molecule has 1 unspecified atom stereocenters. The van der Waals surface area contributed by atoms with Gasteiger partial charge in [-0.05, 0) is 27.1 Å². The number of hydrogen-bond acceptors (Lipinski definition) is 5. The van der Waals surface area contributed by atoms with Crippen LogP contribution in [0, 0.1) is 0 Å². The zero-order chi connectivity index (χ0) is 15.9. The van der Waals surface area contributed by atoms with Crippen molar-refractivity contribution in [3.05, 3.63) is 29.8 Å². The van der Waals surface area contributed by atoms with Crippen LogP contribution in [0.4, 0.5) is 0 Å². The Labute approximate surface area is 128 Å². The number of rotatable bonds is 9. The fourth-order valence-electron chi connectivity index (χ4n) is 2.13. The van der Waals surface area contributed by atoms with Crippen LogP contribution in [0.25, 0.3) is 0 Å². The van der Waals surface area contributed by atoms with Crippen molar-refractivity contribution in [2.45, 2.75) is 13.0 Å². The molecule has 0 amide bonds. The van der Waals surface area contributed by atoms with Crippen molar-refractivity contribution in [2.75, 3.05) is 45.8 Å². The summed E-state index contributed by atoms with van der Waals surface area (Å²) >= 11 is 0. The Balaban J connectivity index is 2.74. The third kappa shape index (κ3) is 6.46. The number of likely N-dealkylation sites (N-methyl/N-ethyl adjacent to an activating group) is 2. The summed E-state index contributed by atoms with van der Waals surface area (Å²) in [4.78, 5) is 2.02. The van der Waals surface area contributed by atoms with E-state index < -0.39 is 9.84 Å². The second-order valence-corrected chi connectivity index (χ2v) is 7.46. The highest BCUT2D eigenvalue weighted by atomic mass is 32.2. The first-order valence-corrected chi connectivity index (χ1v) is 9.18. The maximum Gasteiger partial charge on any atom is 0.148 e. The standard InChI is InChI=1S/C15H26N2O3S/c1-5-20-15-9-7-6-8-13(15)14(16-2)12-17(3)10-11-21(4,18)19/h6-9,14,16H,5,10-12H2,1-4H3. The van der Waals surface area contributed by atoms with Crippen LogP contribution in [0.1, 0.15) is 18.5 Å². The molecule has 1 aromatic carbocycles. The molecule has 0 saturated heterocycles. The molecule has 0 aliphatic rings. The zero-order valence-corrected chi connectivity index (χ0v) is 14.1. The maximum atomic E-state index is 11.2. The molecule has 0 saturated carbocycles. The average Bonchev–Trinajstić information content (AvgIpc) is 2.43. The van der Waals surface area contributed by atoms with Gasteiger partial charge in [-0.1, -0.05) is 18.2 Å². The fraction of sp³-hybridized carbons (Fsp3) is 0.600. The molecule has 1 aromatic rings. The molecule has 0 aliphatic carbocycles. The van der Waals surface area contributed by atoms with Crippen LogP contribution in [0.15, 0.2) is 24.3 Å². The second kappa shape index (κ2) is 8.36. The third-order valence-corrected chi connectivity index (χ3v) is 4.20. The molecule has 0 heterocycles. The van der Waals surface area contributed by atoms with Crippen molar-refractivity contribution in [1.29, 1.82) is 0 Å². The van der Waals surface area contributed by atoms with Gasteiger partial charge in [0.05, 0.1) is 12.4 Å². The van der Waals surface area contributed by atoms with E-state index in [4.69, 9.17) is 4.74 Å². The molecule has 1 rings (SSSR count). The predicted octanol–water partition coefficient (Wildman–Crippen LogP) is 1.32. The molecular formula is C15H26N2O3S. The Morgan fingerprint density at radius 1 is 1.33 bits per heavy atom. The second-order valence-electron chi connectivity index (χ2n) is 5.20. The van der Waals surface area contributed by atoms with E-state index in [-0.39, 0.29) is 11.8 Å². The minimum atomic E-state index is -2.93. The van der Waals surface area contributed by atoms with Crippen LogP contribution in [-0.4, -0.2) is 59.1 Å². The zero-order valence-electron chi connectivity index (χ0n) is 13.3. The monoisotopic (exact) mass is 314 g/mol. The Kier molecular flexibility index (Phi) is 7.14. The van der Waals surface area contributed by atoms with E-state index in [9.17, 15) is 8.42 Å². The highest BCUT2D eigenvalue weighted by Crippen LogP contribution is 2.25. The van der Waals surface area contributed by atoms with Crippen LogP contribution < -0.4 is 10.1 Å². The molecule has 1 atom stereocenters. The summed E-state index contributed by atoms with van der Waals surface area (Å²) in [6.45, 7) is 3.82. The van der Waals surface area contributed by atoms with E-state index in [1.807, 2.05) is 50.2 Å². The molecule has 21 heavy (non-hydrogen) atoms. The van der Waals surface area contributed by atoms with Gasteiger partial charge in [0, 0.05) is 31.0 Å². The summed E-state index contributed by atoms with van der Waals surface area (Å²) in [5, 5.41) is 3.27. The number of nitrogens with zero attached hydrogens (tertiary/aromatic N) is 1. The summed E-state index contributed by atoms with van der Waals surface area (Å²) in [7, 11) is 0.900. The van der Waals surface area contributed by atoms with Crippen molar-refractivity contribution in [1.82, 2.24) is 10.2 Å². The number of nitrogens with one attached hydrogen (secondary N) is 1. The number of ether oxygens (including phenoxy) is 1. The molecule has 0 fully saturated rings. The lowest BCUT2D eigenvalue weighted by molar-refractivity contribution is 0.297. The molecular weight excluding hydrogens is 288 g/mol. The quantitative estimate of drug-likeness (QED) is 0.745. The van der Waals surface area contributed by atoms with Gasteiger partial charge in [0.15, 0.2) is 0 Å². The smallest absolute Gasteiger partial charge is 0.148 e. The van der Waals surface area contributed by atoms with E-state index in [2.05, 4.69) is 5.32 Å². The van der Waals surface area contributed by atoms with Crippen molar-refractivity contribution >= 4 is 9.84 Å². The van der Waals surface area contributed by atoms with E-state index in [0.29, 0.717) is 13.2 Å². The van der Waals surface area contributed by atoms with Gasteiger partial charge >= 0.3 is 0 Å². The Hall–Kier alpha value is -1.11. The van der Waals surface area contributed by atoms with E-state index in [0.717, 1.165) is 17.9 Å². The lowest BCUT2D eigenvalue weighted by Crippen LogP contribution is -2.34. The van der Waals surface area contributed by atoms with Gasteiger partial charge in [-0.2, -0.15) is 0 Å². The summed E-state index contributed by atoms with van der Waals surface area (Å²) in [6.07, 6.45) is 1.26. The largest absolute Gasteiger partial charge is 0.494 e.